The Hall–Kier alpha value is -3.60. The molecule has 28 heavy (non-hydrogen) atoms. The molecule has 4 aromatic rings. The molecule has 4 N–H and O–H groups in total. The van der Waals surface area contributed by atoms with Crippen LogP contribution in [0.2, 0.25) is 0 Å². The van der Waals surface area contributed by atoms with Crippen molar-refractivity contribution in [1.82, 2.24) is 39.3 Å². The van der Waals surface area contributed by atoms with Gasteiger partial charge in [-0.05, 0) is 26.3 Å². The second-order valence-electron chi connectivity index (χ2n) is 6.41. The number of aryl methyl sites for hydroxylation is 3. The molecule has 4 rings (SSSR count). The Kier molecular flexibility index (Phi) is 4.35. The number of nitrogens with one attached hydrogen (secondary N) is 1. The van der Waals surface area contributed by atoms with Crippen LogP contribution in [-0.4, -0.2) is 57.0 Å². The molecule has 0 atom stereocenters. The minimum atomic E-state index is -0.649. The molecule has 11 nitrogen and oxygen atoms in total. The highest BCUT2D eigenvalue weighted by molar-refractivity contribution is 5.92. The molecule has 0 bridgehead atoms. The summed E-state index contributed by atoms with van der Waals surface area (Å²) < 4.78 is 3.35. The summed E-state index contributed by atoms with van der Waals surface area (Å²) >= 11 is 0. The molecule has 0 aromatic carbocycles. The molecule has 0 spiro atoms. The summed E-state index contributed by atoms with van der Waals surface area (Å²) in [5.74, 6) is 0.273. The van der Waals surface area contributed by atoms with Gasteiger partial charge in [0.1, 0.15) is 11.4 Å². The minimum absolute atomic E-state index is 0.0700. The van der Waals surface area contributed by atoms with Gasteiger partial charge in [0, 0.05) is 19.3 Å². The third kappa shape index (κ3) is 3.01. The summed E-state index contributed by atoms with van der Waals surface area (Å²) in [6, 6.07) is 1.87. The maximum atomic E-state index is 11.8. The summed E-state index contributed by atoms with van der Waals surface area (Å²) in [5.41, 5.74) is 8.75. The van der Waals surface area contributed by atoms with Crippen molar-refractivity contribution in [3.8, 4) is 23.0 Å². The van der Waals surface area contributed by atoms with Gasteiger partial charge in [-0.2, -0.15) is 10.2 Å². The predicted molar refractivity (Wildman–Crippen MR) is 99.3 cm³/mol. The molecule has 11 heteroatoms. The summed E-state index contributed by atoms with van der Waals surface area (Å²) in [7, 11) is 0. The number of hydrogen-bond donors (Lipinski definition) is 3. The highest BCUT2D eigenvalue weighted by Gasteiger charge is 2.21. The third-order valence-corrected chi connectivity index (χ3v) is 4.24. The van der Waals surface area contributed by atoms with Crippen LogP contribution in [0.3, 0.4) is 0 Å². The average molecular weight is 381 g/mol. The molecule has 0 aliphatic heterocycles. The van der Waals surface area contributed by atoms with Crippen LogP contribution in [0.1, 0.15) is 28.4 Å². The fourth-order valence-corrected chi connectivity index (χ4v) is 3.03. The smallest absolute Gasteiger partial charge is 0.285 e. The van der Waals surface area contributed by atoms with Crippen LogP contribution in [0.5, 0.6) is 0 Å². The molecule has 4 heterocycles. The Labute approximate surface area is 159 Å². The van der Waals surface area contributed by atoms with E-state index in [-0.39, 0.29) is 12.4 Å². The maximum Gasteiger partial charge on any atom is 0.285 e. The fourth-order valence-electron chi connectivity index (χ4n) is 3.03. The van der Waals surface area contributed by atoms with Gasteiger partial charge < -0.3 is 10.8 Å². The van der Waals surface area contributed by atoms with E-state index in [1.807, 2.05) is 19.9 Å². The number of aromatic nitrogens is 8. The van der Waals surface area contributed by atoms with Gasteiger partial charge in [0.05, 0.1) is 23.1 Å². The Bertz CT molecular complexity index is 1170. The van der Waals surface area contributed by atoms with Crippen molar-refractivity contribution in [2.75, 3.05) is 6.61 Å². The monoisotopic (exact) mass is 381 g/mol. The van der Waals surface area contributed by atoms with E-state index in [1.165, 1.54) is 0 Å². The molecular weight excluding hydrogens is 362 g/mol. The Morgan fingerprint density at radius 1 is 1.29 bits per heavy atom. The second-order valence-corrected chi connectivity index (χ2v) is 6.41. The predicted octanol–water partition coefficient (Wildman–Crippen LogP) is 0.476. The molecule has 0 aliphatic carbocycles. The van der Waals surface area contributed by atoms with Crippen LogP contribution in [0.25, 0.3) is 28.6 Å². The van der Waals surface area contributed by atoms with Crippen molar-refractivity contribution >= 4 is 11.4 Å². The SMILES string of the molecule is Cc1cn2c(C(N)=O)nc(-c3nc(-c4cc(C)nn4CCCO)n[nH]3)c2cn1. The quantitative estimate of drug-likeness (QED) is 0.439. The number of aromatic amines is 1. The molecule has 0 aliphatic rings. The van der Waals surface area contributed by atoms with Crippen LogP contribution in [0.15, 0.2) is 18.5 Å². The van der Waals surface area contributed by atoms with Gasteiger partial charge in [-0.3, -0.25) is 24.0 Å². The first-order chi connectivity index (χ1) is 13.5. The maximum absolute atomic E-state index is 11.8. The molecular formula is C17H19N9O2. The van der Waals surface area contributed by atoms with E-state index in [2.05, 4.69) is 30.2 Å². The largest absolute Gasteiger partial charge is 0.396 e. The van der Waals surface area contributed by atoms with Crippen molar-refractivity contribution in [2.45, 2.75) is 26.8 Å². The van der Waals surface area contributed by atoms with E-state index < -0.39 is 5.91 Å². The van der Waals surface area contributed by atoms with E-state index in [9.17, 15) is 4.79 Å². The molecule has 0 saturated heterocycles. The number of rotatable bonds is 6. The number of hydrogen-bond acceptors (Lipinski definition) is 7. The number of aliphatic hydroxyl groups excluding tert-OH is 1. The van der Waals surface area contributed by atoms with Gasteiger partial charge in [-0.25, -0.2) is 9.97 Å². The van der Waals surface area contributed by atoms with E-state index in [0.717, 1.165) is 17.1 Å². The van der Waals surface area contributed by atoms with Crippen LogP contribution in [0, 0.1) is 13.8 Å². The van der Waals surface area contributed by atoms with Gasteiger partial charge in [-0.15, -0.1) is 0 Å². The van der Waals surface area contributed by atoms with Crippen LogP contribution < -0.4 is 5.73 Å². The van der Waals surface area contributed by atoms with E-state index >= 15 is 0 Å². The average Bonchev–Trinajstić information content (AvgIpc) is 3.35. The van der Waals surface area contributed by atoms with Gasteiger partial charge in [0.15, 0.2) is 11.6 Å². The van der Waals surface area contributed by atoms with Gasteiger partial charge in [-0.1, -0.05) is 0 Å². The lowest BCUT2D eigenvalue weighted by Crippen LogP contribution is -2.15. The number of amides is 1. The third-order valence-electron chi connectivity index (χ3n) is 4.24. The van der Waals surface area contributed by atoms with Crippen molar-refractivity contribution in [2.24, 2.45) is 5.73 Å². The number of H-pyrrole nitrogens is 1. The van der Waals surface area contributed by atoms with E-state index in [0.29, 0.717) is 35.8 Å². The van der Waals surface area contributed by atoms with Gasteiger partial charge >= 0.3 is 0 Å². The first kappa shape index (κ1) is 17.8. The Balaban J connectivity index is 1.80. The number of carbonyl (C=O) groups is 1. The summed E-state index contributed by atoms with van der Waals surface area (Å²) in [6.45, 7) is 4.31. The van der Waals surface area contributed by atoms with Gasteiger partial charge in [0.25, 0.3) is 5.91 Å². The minimum Gasteiger partial charge on any atom is -0.396 e. The fraction of sp³-hybridized carbons (Fsp3) is 0.294. The molecule has 0 radical (unpaired) electrons. The van der Waals surface area contributed by atoms with Crippen molar-refractivity contribution in [3.63, 3.8) is 0 Å². The topological polar surface area (TPSA) is 153 Å². The summed E-state index contributed by atoms with van der Waals surface area (Å²) in [4.78, 5) is 24.9. The zero-order chi connectivity index (χ0) is 19.8. The van der Waals surface area contributed by atoms with Crippen LogP contribution in [0.4, 0.5) is 0 Å². The zero-order valence-corrected chi connectivity index (χ0v) is 15.4. The van der Waals surface area contributed by atoms with Crippen molar-refractivity contribution < 1.29 is 9.90 Å². The summed E-state index contributed by atoms with van der Waals surface area (Å²) in [6.07, 6.45) is 3.88. The number of primary amides is 1. The number of nitrogens with zero attached hydrogens (tertiary/aromatic N) is 7. The van der Waals surface area contributed by atoms with Crippen LogP contribution in [-0.2, 0) is 6.54 Å². The Morgan fingerprint density at radius 3 is 2.86 bits per heavy atom. The van der Waals surface area contributed by atoms with Crippen molar-refractivity contribution in [3.05, 3.63) is 35.7 Å². The number of imidazole rings is 1. The lowest BCUT2D eigenvalue weighted by molar-refractivity contribution is 0.0990. The van der Waals surface area contributed by atoms with E-state index in [1.54, 1.807) is 21.5 Å². The number of fused-ring (bicyclic) bond motifs is 1. The number of nitrogens with two attached hydrogens (primary N) is 1. The molecule has 144 valence electrons. The molecule has 4 aromatic heterocycles. The lowest BCUT2D eigenvalue weighted by atomic mass is 10.3. The molecule has 0 unspecified atom stereocenters. The Morgan fingerprint density at radius 2 is 2.11 bits per heavy atom. The second kappa shape index (κ2) is 6.85. The molecule has 0 saturated carbocycles. The highest BCUT2D eigenvalue weighted by atomic mass is 16.3. The first-order valence-electron chi connectivity index (χ1n) is 8.71. The molecule has 1 amide bonds. The van der Waals surface area contributed by atoms with Gasteiger partial charge in [0.2, 0.25) is 5.82 Å². The first-order valence-corrected chi connectivity index (χ1v) is 8.71. The van der Waals surface area contributed by atoms with Crippen molar-refractivity contribution in [1.29, 1.82) is 0 Å². The van der Waals surface area contributed by atoms with E-state index in [4.69, 9.17) is 10.8 Å². The standard InChI is InChI=1S/C17H19N9O2/c1-9-6-11(26(24-9)4-3-5-27)15-21-16(23-22-15)13-12-7-19-10(2)8-25(12)17(20-13)14(18)28/h6-8,27H,3-5H2,1-2H3,(H2,18,28)(H,21,22,23). The normalized spacial score (nSPS) is 11.4. The highest BCUT2D eigenvalue weighted by Crippen LogP contribution is 2.24. The molecule has 0 fully saturated rings. The summed E-state index contributed by atoms with van der Waals surface area (Å²) in [5, 5.41) is 20.6. The number of carbonyl (C=O) groups excluding carboxylic acids is 1. The zero-order valence-electron chi connectivity index (χ0n) is 15.4. The number of aliphatic hydroxyl groups is 1. The lowest BCUT2D eigenvalue weighted by Gasteiger charge is -2.02. The van der Waals surface area contributed by atoms with Crippen LogP contribution >= 0.6 is 0 Å².